The molecule has 0 aliphatic rings. The van der Waals surface area contributed by atoms with Crippen molar-refractivity contribution >= 4 is 12.3 Å². The van der Waals surface area contributed by atoms with E-state index in [-0.39, 0.29) is 12.2 Å². The third-order valence-corrected chi connectivity index (χ3v) is 0.792. The Morgan fingerprint density at radius 3 is 3.00 bits per heavy atom. The van der Waals surface area contributed by atoms with E-state index in [1.54, 1.807) is 6.07 Å². The number of aldehydes is 1. The summed E-state index contributed by atoms with van der Waals surface area (Å²) in [6.07, 6.45) is 1.41. The summed E-state index contributed by atoms with van der Waals surface area (Å²) in [5.74, 6) is -0.938. The lowest BCUT2D eigenvalue weighted by Crippen LogP contribution is -2.07. The number of esters is 1. The van der Waals surface area contributed by atoms with Crippen LogP contribution >= 0.6 is 0 Å². The second-order valence-corrected chi connectivity index (χ2v) is 1.47. The number of carbonyl (C=O) groups is 2. The van der Waals surface area contributed by atoms with Gasteiger partial charge in [0.2, 0.25) is 6.29 Å². The highest BCUT2D eigenvalue weighted by molar-refractivity contribution is 6.21. The third kappa shape index (κ3) is 1.45. The molecular formula is C6H4O4. The summed E-state index contributed by atoms with van der Waals surface area (Å²) in [6, 6.07) is 2.98. The van der Waals surface area contributed by atoms with Crippen molar-refractivity contribution in [3.05, 3.63) is 18.4 Å². The number of hydrogen-bond acceptors (Lipinski definition) is 4. The van der Waals surface area contributed by atoms with Gasteiger partial charge in [0.05, 0.1) is 6.26 Å². The molecule has 0 aromatic carbocycles. The average Bonchev–Trinajstić information content (AvgIpc) is 2.40. The molecule has 1 aromatic rings. The Balaban J connectivity index is 2.56. The Hall–Kier alpha value is -1.58. The summed E-state index contributed by atoms with van der Waals surface area (Å²) in [6.45, 7) is 0. The molecule has 0 unspecified atom stereocenters. The van der Waals surface area contributed by atoms with Gasteiger partial charge >= 0.3 is 5.97 Å². The van der Waals surface area contributed by atoms with Gasteiger partial charge in [0.1, 0.15) is 0 Å². The van der Waals surface area contributed by atoms with Gasteiger partial charge in [-0.3, -0.25) is 4.79 Å². The molecule has 0 atom stereocenters. The molecule has 1 aromatic heterocycles. The van der Waals surface area contributed by atoms with Crippen molar-refractivity contribution in [3.8, 4) is 5.95 Å². The SMILES string of the molecule is O=CC(=O)Oc1ccco1. The molecule has 0 N–H and O–H groups in total. The van der Waals surface area contributed by atoms with Gasteiger partial charge in [-0.15, -0.1) is 0 Å². The Morgan fingerprint density at radius 2 is 2.50 bits per heavy atom. The van der Waals surface area contributed by atoms with Gasteiger partial charge in [-0.1, -0.05) is 0 Å². The second-order valence-electron chi connectivity index (χ2n) is 1.47. The van der Waals surface area contributed by atoms with Crippen LogP contribution in [-0.2, 0) is 9.59 Å². The van der Waals surface area contributed by atoms with Gasteiger partial charge in [-0.05, 0) is 6.07 Å². The highest BCUT2D eigenvalue weighted by atomic mass is 16.6. The summed E-state index contributed by atoms with van der Waals surface area (Å²) >= 11 is 0. The molecule has 0 radical (unpaired) electrons. The molecule has 4 heteroatoms. The van der Waals surface area contributed by atoms with Gasteiger partial charge in [0, 0.05) is 6.07 Å². The maximum Gasteiger partial charge on any atom is 0.379 e. The number of rotatable bonds is 2. The first-order valence-corrected chi connectivity index (χ1v) is 2.53. The molecule has 0 bridgehead atoms. The van der Waals surface area contributed by atoms with E-state index in [1.165, 1.54) is 12.3 Å². The van der Waals surface area contributed by atoms with Crippen molar-refractivity contribution in [3.63, 3.8) is 0 Å². The molecule has 0 saturated carbocycles. The molecule has 1 heterocycles. The van der Waals surface area contributed by atoms with Crippen LogP contribution in [0, 0.1) is 0 Å². The predicted molar refractivity (Wildman–Crippen MR) is 30.4 cm³/mol. The van der Waals surface area contributed by atoms with Crippen LogP contribution in [-0.4, -0.2) is 12.3 Å². The van der Waals surface area contributed by atoms with Gasteiger partial charge in [-0.2, -0.15) is 0 Å². The van der Waals surface area contributed by atoms with Gasteiger partial charge in [0.25, 0.3) is 5.95 Å². The van der Waals surface area contributed by atoms with Gasteiger partial charge in [0.15, 0.2) is 0 Å². The van der Waals surface area contributed by atoms with Crippen molar-refractivity contribution in [2.75, 3.05) is 0 Å². The lowest BCUT2D eigenvalue weighted by atomic mass is 10.6. The van der Waals surface area contributed by atoms with E-state index in [4.69, 9.17) is 0 Å². The lowest BCUT2D eigenvalue weighted by Gasteiger charge is -1.90. The van der Waals surface area contributed by atoms with E-state index in [0.29, 0.717) is 0 Å². The predicted octanol–water partition coefficient (Wildman–Crippen LogP) is 0.384. The van der Waals surface area contributed by atoms with Crippen LogP contribution in [0.3, 0.4) is 0 Å². The van der Waals surface area contributed by atoms with Crippen LogP contribution in [0.1, 0.15) is 0 Å². The Bertz CT molecular complexity index is 224. The van der Waals surface area contributed by atoms with E-state index < -0.39 is 5.97 Å². The van der Waals surface area contributed by atoms with Crippen molar-refractivity contribution in [1.82, 2.24) is 0 Å². The largest absolute Gasteiger partial charge is 0.434 e. The topological polar surface area (TPSA) is 56.5 Å². The molecule has 0 aliphatic carbocycles. The summed E-state index contributed by atoms with van der Waals surface area (Å²) < 4.78 is 8.93. The van der Waals surface area contributed by atoms with Crippen LogP contribution < -0.4 is 4.74 Å². The van der Waals surface area contributed by atoms with E-state index in [9.17, 15) is 9.59 Å². The first-order valence-electron chi connectivity index (χ1n) is 2.53. The van der Waals surface area contributed by atoms with E-state index in [0.717, 1.165) is 0 Å². The molecule has 1 rings (SSSR count). The van der Waals surface area contributed by atoms with Gasteiger partial charge < -0.3 is 9.15 Å². The first kappa shape index (κ1) is 6.54. The Kier molecular flexibility index (Phi) is 1.84. The quantitative estimate of drug-likeness (QED) is 0.338. The third-order valence-electron chi connectivity index (χ3n) is 0.792. The Labute approximate surface area is 56.4 Å². The zero-order chi connectivity index (χ0) is 7.40. The smallest absolute Gasteiger partial charge is 0.379 e. The van der Waals surface area contributed by atoms with E-state index in [2.05, 4.69) is 9.15 Å². The molecule has 4 nitrogen and oxygen atoms in total. The standard InChI is InChI=1S/C6H4O4/c7-4-5(8)10-6-2-1-3-9-6/h1-4H. The van der Waals surface area contributed by atoms with Crippen molar-refractivity contribution < 1.29 is 18.7 Å². The van der Waals surface area contributed by atoms with E-state index >= 15 is 0 Å². The fraction of sp³-hybridized carbons (Fsp3) is 0. The Morgan fingerprint density at radius 1 is 1.70 bits per heavy atom. The summed E-state index contributed by atoms with van der Waals surface area (Å²) in [4.78, 5) is 19.9. The average molecular weight is 140 g/mol. The number of ether oxygens (including phenoxy) is 1. The van der Waals surface area contributed by atoms with Crippen molar-refractivity contribution in [2.24, 2.45) is 0 Å². The fourth-order valence-electron chi connectivity index (χ4n) is 0.445. The molecule has 0 spiro atoms. The summed E-state index contributed by atoms with van der Waals surface area (Å²) in [5, 5.41) is 0. The summed E-state index contributed by atoms with van der Waals surface area (Å²) in [5.41, 5.74) is 0. The zero-order valence-corrected chi connectivity index (χ0v) is 4.94. The highest BCUT2D eigenvalue weighted by Gasteiger charge is 2.02. The molecule has 52 valence electrons. The minimum Gasteiger partial charge on any atom is -0.434 e. The zero-order valence-electron chi connectivity index (χ0n) is 4.94. The minimum absolute atomic E-state index is 0.0251. The molecule has 0 amide bonds. The van der Waals surface area contributed by atoms with Gasteiger partial charge in [-0.25, -0.2) is 4.79 Å². The number of furan rings is 1. The molecular weight excluding hydrogens is 136 g/mol. The maximum absolute atomic E-state index is 10.2. The van der Waals surface area contributed by atoms with Crippen LogP contribution in [0.2, 0.25) is 0 Å². The molecule has 0 fully saturated rings. The summed E-state index contributed by atoms with van der Waals surface area (Å²) in [7, 11) is 0. The van der Waals surface area contributed by atoms with Crippen molar-refractivity contribution in [1.29, 1.82) is 0 Å². The second kappa shape index (κ2) is 2.82. The normalized spacial score (nSPS) is 8.80. The van der Waals surface area contributed by atoms with Crippen LogP contribution in [0.4, 0.5) is 0 Å². The minimum atomic E-state index is -0.963. The fourth-order valence-corrected chi connectivity index (χ4v) is 0.445. The van der Waals surface area contributed by atoms with Crippen molar-refractivity contribution in [2.45, 2.75) is 0 Å². The highest BCUT2D eigenvalue weighted by Crippen LogP contribution is 2.08. The molecule has 10 heavy (non-hydrogen) atoms. The first-order chi connectivity index (χ1) is 4.83. The van der Waals surface area contributed by atoms with Crippen LogP contribution in [0.5, 0.6) is 5.95 Å². The molecule has 0 aliphatic heterocycles. The lowest BCUT2D eigenvalue weighted by molar-refractivity contribution is -0.142. The molecule has 0 saturated heterocycles. The van der Waals surface area contributed by atoms with E-state index in [1.807, 2.05) is 0 Å². The number of hydrogen-bond donors (Lipinski definition) is 0. The number of carbonyl (C=O) groups excluding carboxylic acids is 2. The van der Waals surface area contributed by atoms with Crippen LogP contribution in [0.15, 0.2) is 22.8 Å². The monoisotopic (exact) mass is 140 g/mol. The van der Waals surface area contributed by atoms with Crippen LogP contribution in [0.25, 0.3) is 0 Å². The maximum atomic E-state index is 10.2.